The molecule has 0 spiro atoms. The highest BCUT2D eigenvalue weighted by Crippen LogP contribution is 2.30. The van der Waals surface area contributed by atoms with Gasteiger partial charge < -0.3 is 5.73 Å². The lowest BCUT2D eigenvalue weighted by Gasteiger charge is -2.23. The predicted molar refractivity (Wildman–Crippen MR) is 83.7 cm³/mol. The van der Waals surface area contributed by atoms with E-state index in [9.17, 15) is 9.18 Å². The molecule has 0 saturated heterocycles. The maximum atomic E-state index is 13.9. The summed E-state index contributed by atoms with van der Waals surface area (Å²) in [6.07, 6.45) is 0. The fourth-order valence-electron chi connectivity index (χ4n) is 2.22. The SMILES string of the molecule is Cc1cccc(CSN2CC(=O)c3sc(N)nc3C2)c1F. The number of thiazole rings is 1. The van der Waals surface area contributed by atoms with Gasteiger partial charge in [0.25, 0.3) is 0 Å². The van der Waals surface area contributed by atoms with Gasteiger partial charge in [-0.05, 0) is 18.1 Å². The van der Waals surface area contributed by atoms with Crippen molar-refractivity contribution in [3.63, 3.8) is 0 Å². The third kappa shape index (κ3) is 2.95. The Balaban J connectivity index is 1.70. The summed E-state index contributed by atoms with van der Waals surface area (Å²) in [6.45, 7) is 2.62. The van der Waals surface area contributed by atoms with Crippen LogP contribution in [0.3, 0.4) is 0 Å². The van der Waals surface area contributed by atoms with E-state index in [0.717, 1.165) is 5.69 Å². The van der Waals surface area contributed by atoms with Gasteiger partial charge in [0.1, 0.15) is 5.82 Å². The second-order valence-electron chi connectivity index (χ2n) is 4.87. The van der Waals surface area contributed by atoms with Crippen molar-refractivity contribution in [2.24, 2.45) is 0 Å². The molecular formula is C14H14FN3OS2. The number of fused-ring (bicyclic) bond motifs is 1. The summed E-state index contributed by atoms with van der Waals surface area (Å²) >= 11 is 2.69. The Labute approximate surface area is 130 Å². The van der Waals surface area contributed by atoms with Crippen molar-refractivity contribution in [2.75, 3.05) is 12.3 Å². The Bertz CT molecular complexity index is 702. The van der Waals surface area contributed by atoms with E-state index in [1.54, 1.807) is 19.1 Å². The molecule has 1 aliphatic heterocycles. The third-order valence-corrected chi connectivity index (χ3v) is 5.32. The van der Waals surface area contributed by atoms with Crippen LogP contribution in [0.5, 0.6) is 0 Å². The molecule has 0 unspecified atom stereocenters. The molecule has 110 valence electrons. The van der Waals surface area contributed by atoms with E-state index in [4.69, 9.17) is 5.73 Å². The molecule has 2 aromatic rings. The van der Waals surface area contributed by atoms with Crippen LogP contribution in [0, 0.1) is 12.7 Å². The molecular weight excluding hydrogens is 309 g/mol. The van der Waals surface area contributed by atoms with Crippen LogP contribution in [0.2, 0.25) is 0 Å². The van der Waals surface area contributed by atoms with Gasteiger partial charge in [-0.1, -0.05) is 41.5 Å². The molecule has 0 bridgehead atoms. The average Bonchev–Trinajstić information content (AvgIpc) is 2.81. The van der Waals surface area contributed by atoms with E-state index in [2.05, 4.69) is 4.98 Å². The van der Waals surface area contributed by atoms with Crippen LogP contribution >= 0.6 is 23.3 Å². The topological polar surface area (TPSA) is 59.2 Å². The molecule has 1 aromatic heterocycles. The molecule has 7 heteroatoms. The van der Waals surface area contributed by atoms with Crippen LogP contribution in [-0.2, 0) is 12.3 Å². The molecule has 1 aliphatic rings. The van der Waals surface area contributed by atoms with E-state index < -0.39 is 0 Å². The highest BCUT2D eigenvalue weighted by molar-refractivity contribution is 7.96. The lowest BCUT2D eigenvalue weighted by atomic mass is 10.1. The lowest BCUT2D eigenvalue weighted by Crippen LogP contribution is -2.29. The third-order valence-electron chi connectivity index (χ3n) is 3.29. The number of ketones is 1. The zero-order valence-electron chi connectivity index (χ0n) is 11.4. The smallest absolute Gasteiger partial charge is 0.189 e. The molecule has 2 heterocycles. The maximum Gasteiger partial charge on any atom is 0.189 e. The summed E-state index contributed by atoms with van der Waals surface area (Å²) in [5.41, 5.74) is 7.66. The van der Waals surface area contributed by atoms with E-state index in [1.807, 2.05) is 10.4 Å². The van der Waals surface area contributed by atoms with Crippen molar-refractivity contribution in [3.8, 4) is 0 Å². The number of Topliss-reactive ketones (excluding diaryl/α,β-unsaturated/α-hetero) is 1. The van der Waals surface area contributed by atoms with Gasteiger partial charge in [0.2, 0.25) is 0 Å². The Morgan fingerprint density at radius 3 is 3.10 bits per heavy atom. The number of nitrogens with two attached hydrogens (primary N) is 1. The first-order valence-corrected chi connectivity index (χ1v) is 8.20. The van der Waals surface area contributed by atoms with E-state index in [1.165, 1.54) is 23.3 Å². The number of hydrogen-bond acceptors (Lipinski definition) is 6. The Hall–Kier alpha value is -1.44. The second kappa shape index (κ2) is 5.75. The molecule has 3 rings (SSSR count). The largest absolute Gasteiger partial charge is 0.375 e. The minimum atomic E-state index is -0.174. The zero-order valence-corrected chi connectivity index (χ0v) is 13.1. The number of rotatable bonds is 3. The summed E-state index contributed by atoms with van der Waals surface area (Å²) in [6, 6.07) is 5.36. The highest BCUT2D eigenvalue weighted by atomic mass is 32.2. The van der Waals surface area contributed by atoms with E-state index in [-0.39, 0.29) is 11.6 Å². The molecule has 1 aromatic carbocycles. The van der Waals surface area contributed by atoms with Gasteiger partial charge in [0.15, 0.2) is 10.9 Å². The summed E-state index contributed by atoms with van der Waals surface area (Å²) in [4.78, 5) is 16.9. The minimum absolute atomic E-state index is 0.0302. The Morgan fingerprint density at radius 1 is 1.48 bits per heavy atom. The summed E-state index contributed by atoms with van der Waals surface area (Å²) < 4.78 is 15.9. The molecule has 0 amide bonds. The summed E-state index contributed by atoms with van der Waals surface area (Å²) in [7, 11) is 0. The first kappa shape index (κ1) is 14.5. The van der Waals surface area contributed by atoms with Gasteiger partial charge in [-0.15, -0.1) is 0 Å². The minimum Gasteiger partial charge on any atom is -0.375 e. The van der Waals surface area contributed by atoms with Crippen LogP contribution in [0.4, 0.5) is 9.52 Å². The summed E-state index contributed by atoms with van der Waals surface area (Å²) in [5.74, 6) is 0.352. The van der Waals surface area contributed by atoms with Crippen molar-refractivity contribution >= 4 is 34.2 Å². The molecule has 0 atom stereocenters. The van der Waals surface area contributed by atoms with Crippen molar-refractivity contribution < 1.29 is 9.18 Å². The summed E-state index contributed by atoms with van der Waals surface area (Å²) in [5, 5.41) is 0.421. The number of carbonyl (C=O) groups is 1. The molecule has 0 radical (unpaired) electrons. The number of halogens is 1. The van der Waals surface area contributed by atoms with Crippen molar-refractivity contribution in [1.29, 1.82) is 0 Å². The normalized spacial score (nSPS) is 15.2. The molecule has 0 fully saturated rings. The number of hydrogen-bond donors (Lipinski definition) is 1. The number of aromatic nitrogens is 1. The van der Waals surface area contributed by atoms with E-state index in [0.29, 0.717) is 40.0 Å². The standard InChI is InChI=1S/C14H14FN3OS2/c1-8-3-2-4-9(12(8)15)7-20-18-5-10-13(11(19)6-18)21-14(16)17-10/h2-4H,5-7H2,1H3,(H2,16,17). The first-order chi connectivity index (χ1) is 10.0. The van der Waals surface area contributed by atoms with E-state index >= 15 is 0 Å². The Kier molecular flexibility index (Phi) is 3.97. The van der Waals surface area contributed by atoms with Crippen LogP contribution in [-0.4, -0.2) is 21.6 Å². The van der Waals surface area contributed by atoms with Crippen molar-refractivity contribution in [2.45, 2.75) is 19.2 Å². The molecule has 2 N–H and O–H groups in total. The van der Waals surface area contributed by atoms with Crippen LogP contribution < -0.4 is 5.73 Å². The first-order valence-electron chi connectivity index (χ1n) is 6.45. The van der Waals surface area contributed by atoms with Gasteiger partial charge in [0, 0.05) is 5.75 Å². The molecule has 0 aliphatic carbocycles. The number of nitrogen functional groups attached to an aromatic ring is 1. The Morgan fingerprint density at radius 2 is 2.29 bits per heavy atom. The van der Waals surface area contributed by atoms with Gasteiger partial charge in [-0.3, -0.25) is 4.79 Å². The highest BCUT2D eigenvalue weighted by Gasteiger charge is 2.27. The van der Waals surface area contributed by atoms with Gasteiger partial charge in [-0.25, -0.2) is 13.7 Å². The molecule has 21 heavy (non-hydrogen) atoms. The molecule has 0 saturated carbocycles. The number of nitrogens with zero attached hydrogens (tertiary/aromatic N) is 2. The zero-order chi connectivity index (χ0) is 15.0. The van der Waals surface area contributed by atoms with Crippen LogP contribution in [0.1, 0.15) is 26.5 Å². The fraction of sp³-hybridized carbons (Fsp3) is 0.286. The number of anilines is 1. The van der Waals surface area contributed by atoms with Crippen LogP contribution in [0.15, 0.2) is 18.2 Å². The monoisotopic (exact) mass is 323 g/mol. The van der Waals surface area contributed by atoms with Gasteiger partial charge in [0.05, 0.1) is 23.7 Å². The van der Waals surface area contributed by atoms with Gasteiger partial charge in [-0.2, -0.15) is 0 Å². The lowest BCUT2D eigenvalue weighted by molar-refractivity contribution is 0.0958. The van der Waals surface area contributed by atoms with Crippen molar-refractivity contribution in [3.05, 3.63) is 45.7 Å². The fourth-order valence-corrected chi connectivity index (χ4v) is 3.96. The predicted octanol–water partition coefficient (Wildman–Crippen LogP) is 3.02. The quantitative estimate of drug-likeness (QED) is 0.880. The second-order valence-corrected chi connectivity index (χ2v) is 6.96. The number of aryl methyl sites for hydroxylation is 1. The maximum absolute atomic E-state index is 13.9. The number of benzene rings is 1. The number of carbonyl (C=O) groups excluding carboxylic acids is 1. The average molecular weight is 323 g/mol. The van der Waals surface area contributed by atoms with Crippen molar-refractivity contribution in [1.82, 2.24) is 9.29 Å². The van der Waals surface area contributed by atoms with Gasteiger partial charge >= 0.3 is 0 Å². The van der Waals surface area contributed by atoms with Crippen LogP contribution in [0.25, 0.3) is 0 Å². The molecule has 4 nitrogen and oxygen atoms in total.